The summed E-state index contributed by atoms with van der Waals surface area (Å²) in [4.78, 5) is -0.929. The summed E-state index contributed by atoms with van der Waals surface area (Å²) in [5.74, 6) is -2.49. The number of rotatable bonds is 1. The van der Waals surface area contributed by atoms with Crippen LogP contribution >= 0.6 is 27.5 Å². The van der Waals surface area contributed by atoms with Crippen molar-refractivity contribution in [1.82, 2.24) is 0 Å². The molecule has 0 saturated heterocycles. The van der Waals surface area contributed by atoms with E-state index in [4.69, 9.17) is 11.6 Å². The van der Waals surface area contributed by atoms with Gasteiger partial charge in [0.15, 0.2) is 0 Å². The van der Waals surface area contributed by atoms with Crippen LogP contribution in [-0.2, 0) is 0 Å². The van der Waals surface area contributed by atoms with Crippen LogP contribution in [0, 0.1) is 0 Å². The second kappa shape index (κ2) is 4.32. The van der Waals surface area contributed by atoms with E-state index in [0.29, 0.717) is 5.56 Å². The summed E-state index contributed by atoms with van der Waals surface area (Å²) in [6.07, 6.45) is 3.08. The van der Waals surface area contributed by atoms with Crippen molar-refractivity contribution < 1.29 is 9.50 Å². The van der Waals surface area contributed by atoms with Gasteiger partial charge < -0.3 is 5.11 Å². The first kappa shape index (κ1) is 11.8. The zero-order valence-corrected chi connectivity index (χ0v) is 10.5. The zero-order valence-electron chi connectivity index (χ0n) is 8.20. The van der Waals surface area contributed by atoms with Crippen molar-refractivity contribution in [3.63, 3.8) is 0 Å². The summed E-state index contributed by atoms with van der Waals surface area (Å²) in [5.41, 5.74) is 0.844. The molecule has 2 rings (SSSR count). The summed E-state index contributed by atoms with van der Waals surface area (Å²) in [7, 11) is 0. The molecule has 0 heterocycles. The zero-order chi connectivity index (χ0) is 11.8. The van der Waals surface area contributed by atoms with E-state index in [1.165, 1.54) is 6.08 Å². The lowest BCUT2D eigenvalue weighted by atomic mass is 9.92. The van der Waals surface area contributed by atoms with Crippen LogP contribution in [0.25, 0.3) is 5.57 Å². The molecule has 1 aromatic rings. The smallest absolute Gasteiger partial charge is 0.251 e. The van der Waals surface area contributed by atoms with Gasteiger partial charge in [-0.2, -0.15) is 0 Å². The molecule has 0 radical (unpaired) electrons. The molecular formula is C12H9BrClFO. The van der Waals surface area contributed by atoms with Gasteiger partial charge in [0.05, 0.1) is 0 Å². The highest BCUT2D eigenvalue weighted by Crippen LogP contribution is 2.42. The van der Waals surface area contributed by atoms with Gasteiger partial charge in [0.2, 0.25) is 0 Å². The van der Waals surface area contributed by atoms with Crippen LogP contribution in [0.5, 0.6) is 0 Å². The minimum atomic E-state index is -2.49. The lowest BCUT2D eigenvalue weighted by molar-refractivity contribution is -0.0225. The molecule has 1 N–H and O–H groups in total. The number of alkyl halides is 2. The van der Waals surface area contributed by atoms with Crippen LogP contribution in [0.3, 0.4) is 0 Å². The standard InChI is InChI=1S/C12H9BrClFO/c13-11-10(14)7-6-9(12(11,15)16)8-4-2-1-3-5-8/h1-7,11,16H. The summed E-state index contributed by atoms with van der Waals surface area (Å²) in [5, 5.41) is 10.1. The van der Waals surface area contributed by atoms with Gasteiger partial charge in [-0.1, -0.05) is 63.9 Å². The Morgan fingerprint density at radius 3 is 2.50 bits per heavy atom. The van der Waals surface area contributed by atoms with Crippen LogP contribution in [0.15, 0.2) is 47.5 Å². The number of aliphatic hydroxyl groups is 1. The average molecular weight is 304 g/mol. The third-order valence-corrected chi connectivity index (χ3v) is 4.16. The van der Waals surface area contributed by atoms with E-state index < -0.39 is 10.7 Å². The minimum absolute atomic E-state index is 0.208. The third kappa shape index (κ3) is 1.95. The largest absolute Gasteiger partial charge is 0.357 e. The van der Waals surface area contributed by atoms with E-state index in [1.54, 1.807) is 30.3 Å². The third-order valence-electron chi connectivity index (χ3n) is 2.45. The molecule has 0 amide bonds. The first-order valence-corrected chi connectivity index (χ1v) is 6.01. The van der Waals surface area contributed by atoms with E-state index in [9.17, 15) is 9.50 Å². The molecular weight excluding hydrogens is 294 g/mol. The van der Waals surface area contributed by atoms with E-state index in [2.05, 4.69) is 15.9 Å². The molecule has 1 aliphatic rings. The number of halogens is 3. The second-order valence-corrected chi connectivity index (χ2v) is 4.89. The van der Waals surface area contributed by atoms with E-state index in [1.807, 2.05) is 6.07 Å². The lowest BCUT2D eigenvalue weighted by Gasteiger charge is -2.30. The van der Waals surface area contributed by atoms with E-state index in [-0.39, 0.29) is 10.6 Å². The Kier molecular flexibility index (Phi) is 3.19. The molecule has 0 saturated carbocycles. The minimum Gasteiger partial charge on any atom is -0.357 e. The van der Waals surface area contributed by atoms with Gasteiger partial charge >= 0.3 is 0 Å². The van der Waals surface area contributed by atoms with Crippen LogP contribution in [0.2, 0.25) is 0 Å². The van der Waals surface area contributed by atoms with Crippen molar-refractivity contribution in [2.45, 2.75) is 10.7 Å². The predicted octanol–water partition coefficient (Wildman–Crippen LogP) is 3.63. The highest BCUT2D eigenvalue weighted by Gasteiger charge is 2.43. The number of hydrogen-bond donors (Lipinski definition) is 1. The number of benzene rings is 1. The summed E-state index contributed by atoms with van der Waals surface area (Å²) >= 11 is 8.82. The Hall–Kier alpha value is -0.640. The maximum atomic E-state index is 14.2. The molecule has 1 nitrogen and oxygen atoms in total. The molecule has 0 bridgehead atoms. The molecule has 4 heteroatoms. The molecule has 0 aliphatic heterocycles. The molecule has 2 atom stereocenters. The predicted molar refractivity (Wildman–Crippen MR) is 67.1 cm³/mol. The fourth-order valence-electron chi connectivity index (χ4n) is 1.60. The normalized spacial score (nSPS) is 29.6. The van der Waals surface area contributed by atoms with Crippen molar-refractivity contribution in [2.75, 3.05) is 0 Å². The molecule has 16 heavy (non-hydrogen) atoms. The Morgan fingerprint density at radius 2 is 1.88 bits per heavy atom. The highest BCUT2D eigenvalue weighted by atomic mass is 79.9. The molecule has 0 spiro atoms. The van der Waals surface area contributed by atoms with Gasteiger partial charge in [-0.3, -0.25) is 0 Å². The Morgan fingerprint density at radius 1 is 1.25 bits per heavy atom. The maximum absolute atomic E-state index is 14.2. The van der Waals surface area contributed by atoms with Crippen molar-refractivity contribution >= 4 is 33.1 Å². The van der Waals surface area contributed by atoms with Gasteiger partial charge in [-0.15, -0.1) is 0 Å². The topological polar surface area (TPSA) is 20.2 Å². The number of hydrogen-bond acceptors (Lipinski definition) is 1. The quantitative estimate of drug-likeness (QED) is 0.786. The van der Waals surface area contributed by atoms with Gasteiger partial charge in [-0.25, -0.2) is 4.39 Å². The van der Waals surface area contributed by atoms with Gasteiger partial charge in [0.1, 0.15) is 4.83 Å². The average Bonchev–Trinajstić information content (AvgIpc) is 2.27. The summed E-state index contributed by atoms with van der Waals surface area (Å²) < 4.78 is 14.2. The van der Waals surface area contributed by atoms with E-state index in [0.717, 1.165) is 0 Å². The lowest BCUT2D eigenvalue weighted by Crippen LogP contribution is -2.37. The fourth-order valence-corrected chi connectivity index (χ4v) is 2.21. The highest BCUT2D eigenvalue weighted by molar-refractivity contribution is 9.09. The Balaban J connectivity index is 2.49. The van der Waals surface area contributed by atoms with Crippen molar-refractivity contribution in [1.29, 1.82) is 0 Å². The van der Waals surface area contributed by atoms with Crippen molar-refractivity contribution in [3.8, 4) is 0 Å². The monoisotopic (exact) mass is 302 g/mol. The van der Waals surface area contributed by atoms with Gasteiger partial charge in [-0.05, 0) is 11.6 Å². The van der Waals surface area contributed by atoms with Crippen LogP contribution in [-0.4, -0.2) is 15.8 Å². The molecule has 0 aromatic heterocycles. The van der Waals surface area contributed by atoms with Crippen LogP contribution < -0.4 is 0 Å². The first-order valence-electron chi connectivity index (χ1n) is 4.72. The summed E-state index contributed by atoms with van der Waals surface area (Å²) in [6, 6.07) is 8.88. The van der Waals surface area contributed by atoms with Crippen LogP contribution in [0.1, 0.15) is 5.56 Å². The molecule has 84 valence electrons. The van der Waals surface area contributed by atoms with Gasteiger partial charge in [0, 0.05) is 10.6 Å². The molecule has 1 aliphatic carbocycles. The van der Waals surface area contributed by atoms with Crippen molar-refractivity contribution in [3.05, 3.63) is 53.1 Å². The summed E-state index contributed by atoms with van der Waals surface area (Å²) in [6.45, 7) is 0. The SMILES string of the molecule is OC1(F)C(c2ccccc2)=CC=C(Cl)C1Br. The molecule has 1 aromatic carbocycles. The Labute approximate surface area is 106 Å². The first-order chi connectivity index (χ1) is 7.53. The number of allylic oxidation sites excluding steroid dienone is 2. The molecule has 0 fully saturated rings. The second-order valence-electron chi connectivity index (χ2n) is 3.53. The van der Waals surface area contributed by atoms with Gasteiger partial charge in [0.25, 0.3) is 5.85 Å². The van der Waals surface area contributed by atoms with E-state index >= 15 is 0 Å². The van der Waals surface area contributed by atoms with Crippen LogP contribution in [0.4, 0.5) is 4.39 Å². The molecule has 2 unspecified atom stereocenters. The maximum Gasteiger partial charge on any atom is 0.251 e. The Bertz CT molecular complexity index is 453. The van der Waals surface area contributed by atoms with Crippen molar-refractivity contribution in [2.24, 2.45) is 0 Å². The fraction of sp³-hybridized carbons (Fsp3) is 0.167.